The summed E-state index contributed by atoms with van der Waals surface area (Å²) >= 11 is 5.51. The molecule has 0 radical (unpaired) electrons. The van der Waals surface area contributed by atoms with Gasteiger partial charge in [0.2, 0.25) is 0 Å². The Kier molecular flexibility index (Phi) is 9.50. The molecule has 0 spiro atoms. The van der Waals surface area contributed by atoms with Crippen LogP contribution in [0.3, 0.4) is 0 Å². The number of amides is 1. The first-order chi connectivity index (χ1) is 16.5. The Morgan fingerprint density at radius 1 is 1.06 bits per heavy atom. The van der Waals surface area contributed by atoms with E-state index < -0.39 is 24.3 Å². The Balaban J connectivity index is 1.89. The summed E-state index contributed by atoms with van der Waals surface area (Å²) in [5.41, 5.74) is 1.25. The van der Waals surface area contributed by atoms with Gasteiger partial charge in [-0.15, -0.1) is 11.8 Å². The van der Waals surface area contributed by atoms with Gasteiger partial charge in [-0.05, 0) is 42.0 Å². The summed E-state index contributed by atoms with van der Waals surface area (Å²) in [6.45, 7) is 0.0749. The zero-order chi connectivity index (χ0) is 24.5. The Morgan fingerprint density at radius 2 is 1.76 bits per heavy atom. The van der Waals surface area contributed by atoms with E-state index in [4.69, 9.17) is 14.2 Å². The number of thiol groups is 1. The van der Waals surface area contributed by atoms with Crippen LogP contribution >= 0.6 is 24.4 Å². The zero-order valence-corrected chi connectivity index (χ0v) is 20.6. The maximum atomic E-state index is 12.9. The maximum Gasteiger partial charge on any atom is 0.412 e. The number of phenols is 1. The van der Waals surface area contributed by atoms with E-state index in [-0.39, 0.29) is 24.5 Å². The van der Waals surface area contributed by atoms with Crippen LogP contribution in [0.1, 0.15) is 18.1 Å². The first-order valence-corrected chi connectivity index (χ1v) is 12.4. The SMILES string of the molecule is CO[C@@H](CCOC(=O)CS)[C@@H](OC(=O)Nc1ccc(SC)cc1)c1ccc(O)c2ccccc12. The summed E-state index contributed by atoms with van der Waals surface area (Å²) in [5, 5.41) is 14.4. The second kappa shape index (κ2) is 12.5. The van der Waals surface area contributed by atoms with Gasteiger partial charge >= 0.3 is 12.1 Å². The standard InChI is InChI=1S/C25H27NO6S2/c1-30-22(13-14-31-23(28)15-33)24(20-11-12-21(27)19-6-4-3-5-18(19)20)32-25(29)26-16-7-9-17(34-2)10-8-16/h3-12,22,24,27,33H,13-15H2,1-2H3,(H,26,29)/t22-,24-/m0/s1. The summed E-state index contributed by atoms with van der Waals surface area (Å²) in [7, 11) is 1.50. The smallest absolute Gasteiger partial charge is 0.412 e. The molecule has 0 aliphatic carbocycles. The van der Waals surface area contributed by atoms with Gasteiger partial charge in [0.1, 0.15) is 11.9 Å². The monoisotopic (exact) mass is 501 g/mol. The average Bonchev–Trinajstić information content (AvgIpc) is 2.86. The molecule has 2 atom stereocenters. The Hall–Kier alpha value is -2.88. The molecular formula is C25H27NO6S2. The third-order valence-electron chi connectivity index (χ3n) is 5.25. The molecule has 7 nitrogen and oxygen atoms in total. The first-order valence-electron chi connectivity index (χ1n) is 10.6. The number of hydrogen-bond acceptors (Lipinski definition) is 8. The van der Waals surface area contributed by atoms with Crippen LogP contribution in [-0.4, -0.2) is 49.0 Å². The number of carbonyl (C=O) groups is 2. The number of anilines is 1. The van der Waals surface area contributed by atoms with Crippen LogP contribution in [0.4, 0.5) is 10.5 Å². The molecule has 3 aromatic rings. The van der Waals surface area contributed by atoms with Crippen LogP contribution < -0.4 is 5.32 Å². The zero-order valence-electron chi connectivity index (χ0n) is 18.9. The second-order valence-electron chi connectivity index (χ2n) is 7.34. The number of nitrogens with one attached hydrogen (secondary N) is 1. The molecule has 3 aromatic carbocycles. The lowest BCUT2D eigenvalue weighted by atomic mass is 9.95. The predicted octanol–water partition coefficient (Wildman–Crippen LogP) is 5.44. The fourth-order valence-corrected chi connectivity index (χ4v) is 4.06. The van der Waals surface area contributed by atoms with Crippen molar-refractivity contribution in [1.82, 2.24) is 0 Å². The van der Waals surface area contributed by atoms with Crippen molar-refractivity contribution in [1.29, 1.82) is 0 Å². The van der Waals surface area contributed by atoms with E-state index in [1.54, 1.807) is 42.1 Å². The van der Waals surface area contributed by atoms with Crippen molar-refractivity contribution >= 4 is 52.9 Å². The number of rotatable bonds is 10. The van der Waals surface area contributed by atoms with Crippen LogP contribution in [-0.2, 0) is 19.0 Å². The van der Waals surface area contributed by atoms with Gasteiger partial charge in [-0.25, -0.2) is 4.79 Å². The molecule has 0 bridgehead atoms. The highest BCUT2D eigenvalue weighted by molar-refractivity contribution is 7.98. The van der Waals surface area contributed by atoms with Crippen LogP contribution in [0.25, 0.3) is 10.8 Å². The average molecular weight is 502 g/mol. The van der Waals surface area contributed by atoms with Gasteiger partial charge in [0.05, 0.1) is 12.4 Å². The van der Waals surface area contributed by atoms with Crippen molar-refractivity contribution in [3.63, 3.8) is 0 Å². The number of fused-ring (bicyclic) bond motifs is 1. The number of hydrogen-bond donors (Lipinski definition) is 3. The fourth-order valence-electron chi connectivity index (χ4n) is 3.56. The molecule has 3 rings (SSSR count). The molecule has 0 aliphatic heterocycles. The van der Waals surface area contributed by atoms with Gasteiger partial charge in [0.15, 0.2) is 6.10 Å². The molecule has 0 saturated carbocycles. The quantitative estimate of drug-likeness (QED) is 0.194. The van der Waals surface area contributed by atoms with Gasteiger partial charge in [-0.1, -0.05) is 30.3 Å². The summed E-state index contributed by atoms with van der Waals surface area (Å²) in [5.74, 6) is -0.358. The highest BCUT2D eigenvalue weighted by Crippen LogP contribution is 2.35. The third kappa shape index (κ3) is 6.59. The van der Waals surface area contributed by atoms with Crippen LogP contribution in [0.2, 0.25) is 0 Å². The van der Waals surface area contributed by atoms with Crippen molar-refractivity contribution in [3.05, 3.63) is 66.2 Å². The fraction of sp³-hybridized carbons (Fsp3) is 0.280. The highest BCUT2D eigenvalue weighted by Gasteiger charge is 2.29. The van der Waals surface area contributed by atoms with E-state index >= 15 is 0 Å². The van der Waals surface area contributed by atoms with Crippen molar-refractivity contribution in [3.8, 4) is 5.75 Å². The first kappa shape index (κ1) is 25.7. The number of aromatic hydroxyl groups is 1. The number of carbonyl (C=O) groups excluding carboxylic acids is 2. The number of ether oxygens (including phenoxy) is 3. The largest absolute Gasteiger partial charge is 0.507 e. The minimum Gasteiger partial charge on any atom is -0.507 e. The molecule has 0 heterocycles. The lowest BCUT2D eigenvalue weighted by Gasteiger charge is -2.27. The maximum absolute atomic E-state index is 12.9. The van der Waals surface area contributed by atoms with Crippen molar-refractivity contribution in [2.24, 2.45) is 0 Å². The van der Waals surface area contributed by atoms with Crippen molar-refractivity contribution in [2.45, 2.75) is 23.5 Å². The number of thioether (sulfide) groups is 1. The minimum atomic E-state index is -0.837. The summed E-state index contributed by atoms with van der Waals surface area (Å²) < 4.78 is 16.7. The van der Waals surface area contributed by atoms with Crippen molar-refractivity contribution in [2.75, 3.05) is 31.0 Å². The molecule has 0 aliphatic rings. The summed E-state index contributed by atoms with van der Waals surface area (Å²) in [6, 6.07) is 17.9. The van der Waals surface area contributed by atoms with Crippen LogP contribution in [0.5, 0.6) is 5.75 Å². The summed E-state index contributed by atoms with van der Waals surface area (Å²) in [6.07, 6.45) is 0.141. The van der Waals surface area contributed by atoms with Crippen LogP contribution in [0.15, 0.2) is 65.6 Å². The van der Waals surface area contributed by atoms with E-state index in [1.807, 2.05) is 36.6 Å². The van der Waals surface area contributed by atoms with E-state index in [2.05, 4.69) is 17.9 Å². The Morgan fingerprint density at radius 3 is 2.41 bits per heavy atom. The van der Waals surface area contributed by atoms with E-state index in [1.165, 1.54) is 7.11 Å². The molecule has 0 aromatic heterocycles. The molecule has 0 fully saturated rings. The lowest BCUT2D eigenvalue weighted by molar-refractivity contribution is -0.141. The van der Waals surface area contributed by atoms with Gasteiger partial charge in [0.25, 0.3) is 0 Å². The molecule has 180 valence electrons. The van der Waals surface area contributed by atoms with Gasteiger partial charge < -0.3 is 19.3 Å². The number of methoxy groups -OCH3 is 1. The molecule has 0 unspecified atom stereocenters. The predicted molar refractivity (Wildman–Crippen MR) is 137 cm³/mol. The number of esters is 1. The highest BCUT2D eigenvalue weighted by atomic mass is 32.2. The molecule has 2 N–H and O–H groups in total. The summed E-state index contributed by atoms with van der Waals surface area (Å²) in [4.78, 5) is 25.4. The Bertz CT molecular complexity index is 1120. The topological polar surface area (TPSA) is 94.1 Å². The Labute approximate surface area is 208 Å². The van der Waals surface area contributed by atoms with Gasteiger partial charge in [-0.2, -0.15) is 12.6 Å². The van der Waals surface area contributed by atoms with E-state index in [9.17, 15) is 14.7 Å². The van der Waals surface area contributed by atoms with E-state index in [0.717, 1.165) is 10.3 Å². The van der Waals surface area contributed by atoms with Gasteiger partial charge in [0, 0.05) is 35.1 Å². The minimum absolute atomic E-state index is 0.0299. The van der Waals surface area contributed by atoms with Gasteiger partial charge in [-0.3, -0.25) is 10.1 Å². The molecule has 0 saturated heterocycles. The molecule has 9 heteroatoms. The lowest BCUT2D eigenvalue weighted by Crippen LogP contribution is -2.29. The molecule has 1 amide bonds. The molecular weight excluding hydrogens is 474 g/mol. The van der Waals surface area contributed by atoms with Crippen LogP contribution in [0, 0.1) is 0 Å². The number of benzene rings is 3. The third-order valence-corrected chi connectivity index (χ3v) is 6.25. The van der Waals surface area contributed by atoms with E-state index in [0.29, 0.717) is 16.6 Å². The molecule has 34 heavy (non-hydrogen) atoms. The second-order valence-corrected chi connectivity index (χ2v) is 8.54. The van der Waals surface area contributed by atoms with Crippen molar-refractivity contribution < 1.29 is 28.9 Å². The normalized spacial score (nSPS) is 12.7. The number of phenolic OH excluding ortho intramolecular Hbond substituents is 1.